The minimum Gasteiger partial charge on any atom is -0.370 e. The molecule has 1 saturated heterocycles. The SMILES string of the molecule is Cc1ccc(N2CCCN(C(=O)NC3CCCc4c3cnn4C)CC2)cc1. The molecule has 1 aromatic heterocycles. The van der Waals surface area contributed by atoms with Gasteiger partial charge < -0.3 is 15.1 Å². The topological polar surface area (TPSA) is 53.4 Å². The molecular weight excluding hydrogens is 338 g/mol. The highest BCUT2D eigenvalue weighted by Crippen LogP contribution is 2.29. The normalized spacial score (nSPS) is 20.1. The van der Waals surface area contributed by atoms with Crippen LogP contribution in [0.1, 0.15) is 42.1 Å². The fraction of sp³-hybridized carbons (Fsp3) is 0.524. The molecule has 1 aromatic carbocycles. The summed E-state index contributed by atoms with van der Waals surface area (Å²) in [6.07, 6.45) is 6.05. The molecular formula is C21H29N5O. The van der Waals surface area contributed by atoms with E-state index >= 15 is 0 Å². The van der Waals surface area contributed by atoms with Gasteiger partial charge in [0, 0.05) is 50.2 Å². The highest BCUT2D eigenvalue weighted by Gasteiger charge is 2.27. The number of hydrogen-bond donors (Lipinski definition) is 1. The Morgan fingerprint density at radius 1 is 1.11 bits per heavy atom. The third kappa shape index (κ3) is 3.80. The van der Waals surface area contributed by atoms with Crippen molar-refractivity contribution in [1.29, 1.82) is 0 Å². The lowest BCUT2D eigenvalue weighted by Crippen LogP contribution is -2.44. The summed E-state index contributed by atoms with van der Waals surface area (Å²) in [4.78, 5) is 17.2. The Bertz CT molecular complexity index is 797. The van der Waals surface area contributed by atoms with Gasteiger partial charge in [0.25, 0.3) is 0 Å². The van der Waals surface area contributed by atoms with Crippen LogP contribution in [0.2, 0.25) is 0 Å². The number of carbonyl (C=O) groups excluding carboxylic acids is 1. The molecule has 1 aliphatic carbocycles. The summed E-state index contributed by atoms with van der Waals surface area (Å²) in [6.45, 7) is 5.53. The van der Waals surface area contributed by atoms with E-state index < -0.39 is 0 Å². The van der Waals surface area contributed by atoms with Gasteiger partial charge in [0.1, 0.15) is 0 Å². The van der Waals surface area contributed by atoms with Crippen LogP contribution in [0, 0.1) is 6.92 Å². The van der Waals surface area contributed by atoms with E-state index in [0.29, 0.717) is 0 Å². The molecule has 4 rings (SSSR count). The van der Waals surface area contributed by atoms with Gasteiger partial charge in [-0.1, -0.05) is 17.7 Å². The van der Waals surface area contributed by atoms with Gasteiger partial charge >= 0.3 is 6.03 Å². The van der Waals surface area contributed by atoms with Gasteiger partial charge in [-0.05, 0) is 44.7 Å². The zero-order chi connectivity index (χ0) is 18.8. The van der Waals surface area contributed by atoms with Crippen molar-refractivity contribution in [2.75, 3.05) is 31.1 Å². The number of nitrogens with zero attached hydrogens (tertiary/aromatic N) is 4. The highest BCUT2D eigenvalue weighted by atomic mass is 16.2. The van der Waals surface area contributed by atoms with Gasteiger partial charge in [-0.3, -0.25) is 4.68 Å². The maximum Gasteiger partial charge on any atom is 0.317 e. The van der Waals surface area contributed by atoms with Gasteiger partial charge in [0.2, 0.25) is 0 Å². The van der Waals surface area contributed by atoms with E-state index in [1.54, 1.807) is 0 Å². The Balaban J connectivity index is 1.38. The van der Waals surface area contributed by atoms with Crippen LogP contribution in [0.5, 0.6) is 0 Å². The molecule has 0 saturated carbocycles. The number of amides is 2. The van der Waals surface area contributed by atoms with E-state index in [-0.39, 0.29) is 12.1 Å². The first-order chi connectivity index (χ1) is 13.1. The zero-order valence-corrected chi connectivity index (χ0v) is 16.3. The van der Waals surface area contributed by atoms with E-state index in [1.165, 1.54) is 22.5 Å². The Morgan fingerprint density at radius 2 is 1.93 bits per heavy atom. The van der Waals surface area contributed by atoms with Crippen molar-refractivity contribution in [2.45, 2.75) is 38.6 Å². The standard InChI is InChI=1S/C21H29N5O/c1-16-7-9-17(10-8-16)25-11-4-12-26(14-13-25)21(27)23-19-5-3-6-20-18(19)15-22-24(20)2/h7-10,15,19H,3-6,11-14H2,1-2H3,(H,23,27). The number of fused-ring (bicyclic) bond motifs is 1. The van der Waals surface area contributed by atoms with Gasteiger partial charge in [-0.15, -0.1) is 0 Å². The quantitative estimate of drug-likeness (QED) is 0.888. The second-order valence-electron chi connectivity index (χ2n) is 7.73. The van der Waals surface area contributed by atoms with Crippen molar-refractivity contribution in [1.82, 2.24) is 20.0 Å². The van der Waals surface area contributed by atoms with Crippen LogP contribution in [0.3, 0.4) is 0 Å². The third-order valence-electron chi connectivity index (χ3n) is 5.86. The lowest BCUT2D eigenvalue weighted by Gasteiger charge is -2.28. The first-order valence-corrected chi connectivity index (χ1v) is 9.99. The molecule has 2 aliphatic rings. The molecule has 0 bridgehead atoms. The molecule has 1 aliphatic heterocycles. The Morgan fingerprint density at radius 3 is 2.74 bits per heavy atom. The zero-order valence-electron chi connectivity index (χ0n) is 16.3. The van der Waals surface area contributed by atoms with Crippen LogP contribution in [-0.4, -0.2) is 46.9 Å². The van der Waals surface area contributed by atoms with Crippen LogP contribution < -0.4 is 10.2 Å². The second kappa shape index (κ2) is 7.62. The number of carbonyl (C=O) groups is 1. The van der Waals surface area contributed by atoms with Crippen LogP contribution >= 0.6 is 0 Å². The van der Waals surface area contributed by atoms with Gasteiger partial charge in [-0.2, -0.15) is 5.10 Å². The van der Waals surface area contributed by atoms with Crippen molar-refractivity contribution < 1.29 is 4.79 Å². The summed E-state index contributed by atoms with van der Waals surface area (Å²) in [7, 11) is 1.98. The third-order valence-corrected chi connectivity index (χ3v) is 5.86. The summed E-state index contributed by atoms with van der Waals surface area (Å²) in [6, 6.07) is 8.81. The minimum atomic E-state index is 0.0578. The molecule has 2 heterocycles. The number of nitrogens with one attached hydrogen (secondary N) is 1. The Kier molecular flexibility index (Phi) is 5.05. The number of benzene rings is 1. The molecule has 1 atom stereocenters. The molecule has 1 N–H and O–H groups in total. The maximum absolute atomic E-state index is 12.9. The number of anilines is 1. The Labute approximate surface area is 161 Å². The number of aromatic nitrogens is 2. The molecule has 144 valence electrons. The number of aryl methyl sites for hydroxylation is 2. The van der Waals surface area contributed by atoms with Crippen molar-refractivity contribution in [3.05, 3.63) is 47.3 Å². The Hall–Kier alpha value is -2.50. The number of rotatable bonds is 2. The average molecular weight is 367 g/mol. The molecule has 6 nitrogen and oxygen atoms in total. The summed E-state index contributed by atoms with van der Waals surface area (Å²) in [5.41, 5.74) is 4.97. The van der Waals surface area contributed by atoms with E-state index in [1.807, 2.05) is 22.8 Å². The van der Waals surface area contributed by atoms with Crippen molar-refractivity contribution in [3.8, 4) is 0 Å². The molecule has 1 fully saturated rings. The largest absolute Gasteiger partial charge is 0.370 e. The molecule has 0 spiro atoms. The van der Waals surface area contributed by atoms with Gasteiger partial charge in [-0.25, -0.2) is 4.79 Å². The van der Waals surface area contributed by atoms with Crippen LogP contribution in [0.4, 0.5) is 10.5 Å². The van der Waals surface area contributed by atoms with Crippen LogP contribution in [0.15, 0.2) is 30.5 Å². The fourth-order valence-electron chi connectivity index (χ4n) is 4.23. The van der Waals surface area contributed by atoms with E-state index in [0.717, 1.165) is 51.9 Å². The summed E-state index contributed by atoms with van der Waals surface area (Å²) in [5.74, 6) is 0. The fourth-order valence-corrected chi connectivity index (χ4v) is 4.23. The maximum atomic E-state index is 12.9. The summed E-state index contributed by atoms with van der Waals surface area (Å²) < 4.78 is 1.94. The average Bonchev–Trinajstić information content (AvgIpc) is 2.90. The monoisotopic (exact) mass is 367 g/mol. The molecule has 2 aromatic rings. The molecule has 0 radical (unpaired) electrons. The first kappa shape index (κ1) is 17.9. The van der Waals surface area contributed by atoms with Gasteiger partial charge in [0.15, 0.2) is 0 Å². The number of urea groups is 1. The minimum absolute atomic E-state index is 0.0578. The predicted molar refractivity (Wildman–Crippen MR) is 107 cm³/mol. The van der Waals surface area contributed by atoms with Gasteiger partial charge in [0.05, 0.1) is 12.2 Å². The summed E-state index contributed by atoms with van der Waals surface area (Å²) in [5, 5.41) is 7.64. The lowest BCUT2D eigenvalue weighted by molar-refractivity contribution is 0.196. The second-order valence-corrected chi connectivity index (χ2v) is 7.73. The molecule has 1 unspecified atom stereocenters. The molecule has 6 heteroatoms. The molecule has 27 heavy (non-hydrogen) atoms. The predicted octanol–water partition coefficient (Wildman–Crippen LogP) is 3.03. The van der Waals surface area contributed by atoms with E-state index in [9.17, 15) is 4.79 Å². The molecule has 2 amide bonds. The van der Waals surface area contributed by atoms with Crippen LogP contribution in [0.25, 0.3) is 0 Å². The lowest BCUT2D eigenvalue weighted by atomic mass is 9.93. The number of hydrogen-bond acceptors (Lipinski definition) is 3. The van der Waals surface area contributed by atoms with E-state index in [4.69, 9.17) is 0 Å². The van der Waals surface area contributed by atoms with Crippen molar-refractivity contribution >= 4 is 11.7 Å². The first-order valence-electron chi connectivity index (χ1n) is 9.99. The van der Waals surface area contributed by atoms with Crippen LogP contribution in [-0.2, 0) is 13.5 Å². The summed E-state index contributed by atoms with van der Waals surface area (Å²) >= 11 is 0. The highest BCUT2D eigenvalue weighted by molar-refractivity contribution is 5.75. The van der Waals surface area contributed by atoms with E-state index in [2.05, 4.69) is 46.5 Å². The van der Waals surface area contributed by atoms with Crippen molar-refractivity contribution in [3.63, 3.8) is 0 Å². The smallest absolute Gasteiger partial charge is 0.317 e. The van der Waals surface area contributed by atoms with Crippen molar-refractivity contribution in [2.24, 2.45) is 7.05 Å².